The Bertz CT molecular complexity index is 591. The third-order valence-corrected chi connectivity index (χ3v) is 5.01. The van der Waals surface area contributed by atoms with E-state index in [9.17, 15) is 14.0 Å². The molecule has 0 bridgehead atoms. The first-order valence-corrected chi connectivity index (χ1v) is 9.08. The van der Waals surface area contributed by atoms with Crippen molar-refractivity contribution >= 4 is 11.8 Å². The fourth-order valence-electron chi connectivity index (χ4n) is 3.45. The van der Waals surface area contributed by atoms with Crippen LogP contribution in [0.2, 0.25) is 0 Å². The average Bonchev–Trinajstić information content (AvgIpc) is 2.67. The number of carbonyl (C=O) groups excluding carboxylic acids is 2. The Balaban J connectivity index is 1.43. The summed E-state index contributed by atoms with van der Waals surface area (Å²) in [4.78, 5) is 28.1. The van der Waals surface area contributed by atoms with Gasteiger partial charge in [-0.1, -0.05) is 19.3 Å². The number of carbonyl (C=O) groups is 2. The Labute approximate surface area is 147 Å². The van der Waals surface area contributed by atoms with Gasteiger partial charge in [-0.3, -0.25) is 9.59 Å². The molecule has 2 fully saturated rings. The summed E-state index contributed by atoms with van der Waals surface area (Å²) in [6.45, 7) is 2.15. The lowest BCUT2D eigenvalue weighted by Crippen LogP contribution is -2.51. The van der Waals surface area contributed by atoms with Crippen LogP contribution < -0.4 is 0 Å². The van der Waals surface area contributed by atoms with Crippen LogP contribution in [0.4, 0.5) is 4.39 Å². The van der Waals surface area contributed by atoms with E-state index in [1.54, 1.807) is 9.80 Å². The first-order valence-electron chi connectivity index (χ1n) is 9.08. The standard InChI is InChI=1S/C19H25FN2O3/c20-16-8-6-15(7-9-16)19(24)22-12-10-21(11-13-22)18(23)14-25-17-4-2-1-3-5-17/h6-9,17H,1-5,10-14H2. The molecular formula is C19H25FN2O3. The van der Waals surface area contributed by atoms with Crippen LogP contribution in [0, 0.1) is 5.82 Å². The number of hydrogen-bond acceptors (Lipinski definition) is 3. The Kier molecular flexibility index (Phi) is 6.02. The fraction of sp³-hybridized carbons (Fsp3) is 0.579. The van der Waals surface area contributed by atoms with Crippen molar-refractivity contribution < 1.29 is 18.7 Å². The fourth-order valence-corrected chi connectivity index (χ4v) is 3.45. The van der Waals surface area contributed by atoms with E-state index in [1.807, 2.05) is 0 Å². The molecule has 1 aromatic rings. The molecule has 2 aliphatic rings. The largest absolute Gasteiger partial charge is 0.368 e. The molecule has 0 atom stereocenters. The zero-order valence-corrected chi connectivity index (χ0v) is 14.5. The van der Waals surface area contributed by atoms with Crippen molar-refractivity contribution in [1.82, 2.24) is 9.80 Å². The molecule has 25 heavy (non-hydrogen) atoms. The molecule has 5 nitrogen and oxygen atoms in total. The lowest BCUT2D eigenvalue weighted by Gasteiger charge is -2.35. The predicted molar refractivity (Wildman–Crippen MR) is 91.7 cm³/mol. The van der Waals surface area contributed by atoms with Crippen LogP contribution >= 0.6 is 0 Å². The van der Waals surface area contributed by atoms with Crippen molar-refractivity contribution in [2.45, 2.75) is 38.2 Å². The molecule has 0 unspecified atom stereocenters. The molecule has 1 aliphatic heterocycles. The maximum atomic E-state index is 13.0. The van der Waals surface area contributed by atoms with Crippen LogP contribution in [0.3, 0.4) is 0 Å². The topological polar surface area (TPSA) is 49.9 Å². The van der Waals surface area contributed by atoms with E-state index in [0.717, 1.165) is 12.8 Å². The number of rotatable bonds is 4. The molecule has 1 saturated carbocycles. The highest BCUT2D eigenvalue weighted by molar-refractivity contribution is 5.94. The molecule has 6 heteroatoms. The van der Waals surface area contributed by atoms with Gasteiger partial charge in [-0.25, -0.2) is 4.39 Å². The number of ether oxygens (including phenoxy) is 1. The second-order valence-electron chi connectivity index (χ2n) is 6.75. The summed E-state index contributed by atoms with van der Waals surface area (Å²) in [6.07, 6.45) is 5.95. The van der Waals surface area contributed by atoms with Crippen LogP contribution in [-0.4, -0.2) is 60.5 Å². The van der Waals surface area contributed by atoms with Crippen molar-refractivity contribution in [3.05, 3.63) is 35.6 Å². The quantitative estimate of drug-likeness (QED) is 0.840. The Hall–Kier alpha value is -1.95. The molecular weight excluding hydrogens is 323 g/mol. The van der Waals surface area contributed by atoms with E-state index in [1.165, 1.54) is 43.5 Å². The molecule has 0 N–H and O–H groups in total. The average molecular weight is 348 g/mol. The number of piperazine rings is 1. The van der Waals surface area contributed by atoms with E-state index in [0.29, 0.717) is 31.7 Å². The van der Waals surface area contributed by atoms with Crippen molar-refractivity contribution in [2.24, 2.45) is 0 Å². The van der Waals surface area contributed by atoms with Gasteiger partial charge in [-0.2, -0.15) is 0 Å². The van der Waals surface area contributed by atoms with Gasteiger partial charge in [0.15, 0.2) is 0 Å². The maximum absolute atomic E-state index is 13.0. The highest BCUT2D eigenvalue weighted by atomic mass is 19.1. The van der Waals surface area contributed by atoms with Gasteiger partial charge in [-0.15, -0.1) is 0 Å². The molecule has 1 aromatic carbocycles. The van der Waals surface area contributed by atoms with Gasteiger partial charge in [0, 0.05) is 31.7 Å². The first-order chi connectivity index (χ1) is 12.1. The van der Waals surface area contributed by atoms with Crippen LogP contribution in [0.15, 0.2) is 24.3 Å². The summed E-state index contributed by atoms with van der Waals surface area (Å²) in [5.74, 6) is -0.477. The highest BCUT2D eigenvalue weighted by Gasteiger charge is 2.25. The third kappa shape index (κ3) is 4.78. The predicted octanol–water partition coefficient (Wildman–Crippen LogP) is 2.46. The third-order valence-electron chi connectivity index (χ3n) is 5.01. The molecule has 1 saturated heterocycles. The second-order valence-corrected chi connectivity index (χ2v) is 6.75. The normalized spacial score (nSPS) is 19.1. The van der Waals surface area contributed by atoms with E-state index >= 15 is 0 Å². The summed E-state index contributed by atoms with van der Waals surface area (Å²) >= 11 is 0. The second kappa shape index (κ2) is 8.43. The maximum Gasteiger partial charge on any atom is 0.253 e. The minimum atomic E-state index is -0.357. The van der Waals surface area contributed by atoms with Crippen LogP contribution in [0.1, 0.15) is 42.5 Å². The van der Waals surface area contributed by atoms with Gasteiger partial charge in [0.25, 0.3) is 5.91 Å². The van der Waals surface area contributed by atoms with Crippen molar-refractivity contribution in [2.75, 3.05) is 32.8 Å². The van der Waals surface area contributed by atoms with Gasteiger partial charge in [0.1, 0.15) is 12.4 Å². The van der Waals surface area contributed by atoms with Crippen molar-refractivity contribution in [3.63, 3.8) is 0 Å². The first kappa shape index (κ1) is 17.9. The number of halogens is 1. The van der Waals surface area contributed by atoms with E-state index in [4.69, 9.17) is 4.74 Å². The smallest absolute Gasteiger partial charge is 0.253 e. The van der Waals surface area contributed by atoms with Crippen LogP contribution in [0.5, 0.6) is 0 Å². The van der Waals surface area contributed by atoms with E-state index in [-0.39, 0.29) is 30.3 Å². The number of nitrogens with zero attached hydrogens (tertiary/aromatic N) is 2. The zero-order valence-electron chi connectivity index (χ0n) is 14.5. The van der Waals surface area contributed by atoms with Crippen LogP contribution in [-0.2, 0) is 9.53 Å². The summed E-state index contributed by atoms with van der Waals surface area (Å²) in [7, 11) is 0. The molecule has 2 amide bonds. The monoisotopic (exact) mass is 348 g/mol. The molecule has 3 rings (SSSR count). The van der Waals surface area contributed by atoms with Gasteiger partial charge in [0.2, 0.25) is 5.91 Å². The van der Waals surface area contributed by atoms with Gasteiger partial charge in [0.05, 0.1) is 6.10 Å². The Morgan fingerprint density at radius 3 is 2.20 bits per heavy atom. The minimum absolute atomic E-state index is 0.000505. The highest BCUT2D eigenvalue weighted by Crippen LogP contribution is 2.20. The molecule has 1 heterocycles. The number of hydrogen-bond donors (Lipinski definition) is 0. The zero-order chi connectivity index (χ0) is 17.6. The van der Waals surface area contributed by atoms with Gasteiger partial charge in [-0.05, 0) is 37.1 Å². The van der Waals surface area contributed by atoms with Crippen molar-refractivity contribution in [1.29, 1.82) is 0 Å². The number of benzene rings is 1. The lowest BCUT2D eigenvalue weighted by atomic mass is 9.98. The minimum Gasteiger partial charge on any atom is -0.368 e. The Morgan fingerprint density at radius 2 is 1.56 bits per heavy atom. The molecule has 0 radical (unpaired) electrons. The number of amides is 2. The Morgan fingerprint density at radius 1 is 0.960 bits per heavy atom. The molecule has 0 aromatic heterocycles. The summed E-state index contributed by atoms with van der Waals surface area (Å²) in [5, 5.41) is 0. The van der Waals surface area contributed by atoms with Gasteiger partial charge < -0.3 is 14.5 Å². The molecule has 0 spiro atoms. The van der Waals surface area contributed by atoms with E-state index in [2.05, 4.69) is 0 Å². The van der Waals surface area contributed by atoms with Crippen molar-refractivity contribution in [3.8, 4) is 0 Å². The molecule has 136 valence electrons. The SMILES string of the molecule is O=C(COC1CCCCC1)N1CCN(C(=O)c2ccc(F)cc2)CC1. The molecule has 1 aliphatic carbocycles. The van der Waals surface area contributed by atoms with Gasteiger partial charge >= 0.3 is 0 Å². The summed E-state index contributed by atoms with van der Waals surface area (Å²) in [6, 6.07) is 5.56. The summed E-state index contributed by atoms with van der Waals surface area (Å²) in [5.41, 5.74) is 0.474. The summed E-state index contributed by atoms with van der Waals surface area (Å²) < 4.78 is 18.7. The van der Waals surface area contributed by atoms with Crippen LogP contribution in [0.25, 0.3) is 0 Å². The lowest BCUT2D eigenvalue weighted by molar-refractivity contribution is -0.140. The van der Waals surface area contributed by atoms with E-state index < -0.39 is 0 Å².